The molecule has 1 aliphatic rings. The van der Waals surface area contributed by atoms with E-state index in [1.54, 1.807) is 6.07 Å². The molecule has 30 heavy (non-hydrogen) atoms. The number of ether oxygens (including phenoxy) is 3. The SMILES string of the molecule is COC(=O)C1CC(O)(C(C)=O)CCC1C(=O)c1cc(OC)c2ccccc2c1OC. The normalized spacial score (nSPS) is 23.6. The van der Waals surface area contributed by atoms with Gasteiger partial charge >= 0.3 is 5.97 Å². The first-order valence-electron chi connectivity index (χ1n) is 9.76. The molecule has 1 N–H and O–H groups in total. The van der Waals surface area contributed by atoms with Gasteiger partial charge in [-0.1, -0.05) is 24.3 Å². The van der Waals surface area contributed by atoms with Crippen LogP contribution in [0.3, 0.4) is 0 Å². The first-order valence-corrected chi connectivity index (χ1v) is 9.76. The van der Waals surface area contributed by atoms with E-state index in [0.29, 0.717) is 22.4 Å². The maximum absolute atomic E-state index is 13.6. The molecule has 0 radical (unpaired) electrons. The smallest absolute Gasteiger partial charge is 0.309 e. The summed E-state index contributed by atoms with van der Waals surface area (Å²) in [4.78, 5) is 38.0. The zero-order valence-corrected chi connectivity index (χ0v) is 17.6. The van der Waals surface area contributed by atoms with E-state index in [4.69, 9.17) is 14.2 Å². The Hall–Kier alpha value is -2.93. The van der Waals surface area contributed by atoms with Crippen LogP contribution in [0.4, 0.5) is 0 Å². The Morgan fingerprint density at radius 1 is 1.03 bits per heavy atom. The van der Waals surface area contributed by atoms with Gasteiger partial charge in [0.1, 0.15) is 17.1 Å². The summed E-state index contributed by atoms with van der Waals surface area (Å²) < 4.78 is 15.9. The van der Waals surface area contributed by atoms with Gasteiger partial charge in [-0.3, -0.25) is 14.4 Å². The first-order chi connectivity index (χ1) is 14.3. The van der Waals surface area contributed by atoms with Crippen molar-refractivity contribution in [3.63, 3.8) is 0 Å². The average Bonchev–Trinajstić information content (AvgIpc) is 2.76. The number of ketones is 2. The van der Waals surface area contributed by atoms with E-state index in [1.807, 2.05) is 24.3 Å². The van der Waals surface area contributed by atoms with Crippen LogP contribution in [0.2, 0.25) is 0 Å². The second-order valence-corrected chi connectivity index (χ2v) is 7.64. The van der Waals surface area contributed by atoms with Gasteiger partial charge < -0.3 is 19.3 Å². The number of Topliss-reactive ketones (excluding diaryl/α,β-unsaturated/α-hetero) is 2. The van der Waals surface area contributed by atoms with Crippen LogP contribution in [0.25, 0.3) is 10.8 Å². The van der Waals surface area contributed by atoms with Crippen molar-refractivity contribution in [2.45, 2.75) is 31.8 Å². The Bertz CT molecular complexity index is 996. The molecule has 0 bridgehead atoms. The minimum absolute atomic E-state index is 0.0965. The van der Waals surface area contributed by atoms with Crippen molar-refractivity contribution in [1.82, 2.24) is 0 Å². The standard InChI is InChI=1S/C23H26O7/c1-13(24)23(27)10-9-15(18(12-23)22(26)30-4)20(25)17-11-19(28-2)14-7-5-6-8-16(14)21(17)29-3/h5-8,11,15,18,27H,9-10,12H2,1-4H3. The van der Waals surface area contributed by atoms with Gasteiger partial charge in [0.15, 0.2) is 11.6 Å². The monoisotopic (exact) mass is 414 g/mol. The van der Waals surface area contributed by atoms with Crippen LogP contribution in [-0.2, 0) is 14.3 Å². The summed E-state index contributed by atoms with van der Waals surface area (Å²) in [7, 11) is 4.23. The van der Waals surface area contributed by atoms with Gasteiger partial charge in [0.2, 0.25) is 0 Å². The number of benzene rings is 2. The van der Waals surface area contributed by atoms with Crippen molar-refractivity contribution in [2.75, 3.05) is 21.3 Å². The highest BCUT2D eigenvalue weighted by Gasteiger charge is 2.48. The van der Waals surface area contributed by atoms with E-state index in [0.717, 1.165) is 5.39 Å². The zero-order chi connectivity index (χ0) is 22.1. The van der Waals surface area contributed by atoms with E-state index < -0.39 is 29.2 Å². The Labute approximate surface area is 174 Å². The third-order valence-electron chi connectivity index (χ3n) is 6.05. The highest BCUT2D eigenvalue weighted by atomic mass is 16.5. The van der Waals surface area contributed by atoms with Gasteiger partial charge in [0, 0.05) is 16.7 Å². The zero-order valence-electron chi connectivity index (χ0n) is 17.6. The number of fused-ring (bicyclic) bond motifs is 1. The summed E-state index contributed by atoms with van der Waals surface area (Å²) in [6.07, 6.45) is 0.116. The lowest BCUT2D eigenvalue weighted by Crippen LogP contribution is -2.48. The molecule has 7 nitrogen and oxygen atoms in total. The molecular weight excluding hydrogens is 388 g/mol. The van der Waals surface area contributed by atoms with Gasteiger partial charge in [-0.15, -0.1) is 0 Å². The third kappa shape index (κ3) is 3.65. The second kappa shape index (κ2) is 8.44. The van der Waals surface area contributed by atoms with E-state index in [9.17, 15) is 19.5 Å². The van der Waals surface area contributed by atoms with Crippen LogP contribution in [0, 0.1) is 11.8 Å². The molecule has 0 saturated heterocycles. The lowest BCUT2D eigenvalue weighted by atomic mass is 9.68. The molecule has 3 unspecified atom stereocenters. The van der Waals surface area contributed by atoms with Crippen LogP contribution >= 0.6 is 0 Å². The Balaban J connectivity index is 2.10. The number of rotatable bonds is 6. The first kappa shape index (κ1) is 21.8. The van der Waals surface area contributed by atoms with Crippen molar-refractivity contribution in [3.05, 3.63) is 35.9 Å². The van der Waals surface area contributed by atoms with Gasteiger partial charge in [0.05, 0.1) is 32.8 Å². The van der Waals surface area contributed by atoms with Crippen molar-refractivity contribution < 1.29 is 33.7 Å². The molecule has 2 aromatic carbocycles. The van der Waals surface area contributed by atoms with Gasteiger partial charge in [-0.25, -0.2) is 0 Å². The maximum Gasteiger partial charge on any atom is 0.309 e. The van der Waals surface area contributed by atoms with Crippen molar-refractivity contribution in [1.29, 1.82) is 0 Å². The minimum Gasteiger partial charge on any atom is -0.496 e. The quantitative estimate of drug-likeness (QED) is 0.573. The third-order valence-corrected chi connectivity index (χ3v) is 6.05. The molecule has 2 aromatic rings. The van der Waals surface area contributed by atoms with Crippen molar-refractivity contribution in [2.24, 2.45) is 11.8 Å². The molecule has 0 aromatic heterocycles. The lowest BCUT2D eigenvalue weighted by Gasteiger charge is -2.38. The molecule has 1 aliphatic carbocycles. The van der Waals surface area contributed by atoms with Crippen LogP contribution in [0.1, 0.15) is 36.5 Å². The van der Waals surface area contributed by atoms with E-state index in [2.05, 4.69) is 0 Å². The number of carbonyl (C=O) groups excluding carboxylic acids is 3. The molecule has 0 spiro atoms. The molecule has 0 amide bonds. The summed E-state index contributed by atoms with van der Waals surface area (Å²) in [5.41, 5.74) is -1.35. The second-order valence-electron chi connectivity index (χ2n) is 7.64. The molecule has 3 rings (SSSR count). The average molecular weight is 414 g/mol. The molecular formula is C23H26O7. The predicted molar refractivity (Wildman–Crippen MR) is 110 cm³/mol. The van der Waals surface area contributed by atoms with Crippen molar-refractivity contribution in [3.8, 4) is 11.5 Å². The van der Waals surface area contributed by atoms with Crippen LogP contribution in [0.5, 0.6) is 11.5 Å². The number of aliphatic hydroxyl groups is 1. The fraction of sp³-hybridized carbons (Fsp3) is 0.435. The van der Waals surface area contributed by atoms with Crippen LogP contribution < -0.4 is 9.47 Å². The molecule has 0 heterocycles. The van der Waals surface area contributed by atoms with Gasteiger partial charge in [-0.05, 0) is 32.3 Å². The summed E-state index contributed by atoms with van der Waals surface area (Å²) in [6.45, 7) is 1.29. The molecule has 3 atom stereocenters. The highest BCUT2D eigenvalue weighted by molar-refractivity contribution is 6.09. The lowest BCUT2D eigenvalue weighted by molar-refractivity contribution is -0.156. The van der Waals surface area contributed by atoms with E-state index in [1.165, 1.54) is 28.3 Å². The van der Waals surface area contributed by atoms with E-state index >= 15 is 0 Å². The topological polar surface area (TPSA) is 99.1 Å². The van der Waals surface area contributed by atoms with Gasteiger partial charge in [0.25, 0.3) is 0 Å². The number of hydrogen-bond acceptors (Lipinski definition) is 7. The molecule has 1 saturated carbocycles. The minimum atomic E-state index is -1.64. The largest absolute Gasteiger partial charge is 0.496 e. The van der Waals surface area contributed by atoms with Crippen LogP contribution in [0.15, 0.2) is 30.3 Å². The summed E-state index contributed by atoms with van der Waals surface area (Å²) in [5, 5.41) is 12.2. The Kier molecular flexibility index (Phi) is 6.12. The summed E-state index contributed by atoms with van der Waals surface area (Å²) in [5.74, 6) is -2.14. The van der Waals surface area contributed by atoms with Crippen molar-refractivity contribution >= 4 is 28.3 Å². The number of esters is 1. The fourth-order valence-corrected chi connectivity index (χ4v) is 4.32. The number of methoxy groups -OCH3 is 3. The Morgan fingerprint density at radius 3 is 2.27 bits per heavy atom. The Morgan fingerprint density at radius 2 is 1.70 bits per heavy atom. The van der Waals surface area contributed by atoms with E-state index in [-0.39, 0.29) is 25.0 Å². The summed E-state index contributed by atoms with van der Waals surface area (Å²) in [6, 6.07) is 9.02. The molecule has 0 aliphatic heterocycles. The van der Waals surface area contributed by atoms with Gasteiger partial charge in [-0.2, -0.15) is 0 Å². The van der Waals surface area contributed by atoms with Crippen LogP contribution in [-0.4, -0.2) is 49.6 Å². The molecule has 7 heteroatoms. The summed E-state index contributed by atoms with van der Waals surface area (Å²) >= 11 is 0. The molecule has 1 fully saturated rings. The predicted octanol–water partition coefficient (Wildman–Crippen LogP) is 2.95. The number of carbonyl (C=O) groups is 3. The molecule has 160 valence electrons. The maximum atomic E-state index is 13.6. The fourth-order valence-electron chi connectivity index (χ4n) is 4.32. The number of hydrogen-bond donors (Lipinski definition) is 1. The highest BCUT2D eigenvalue weighted by Crippen LogP contribution is 2.43.